The third kappa shape index (κ3) is 4.36. The van der Waals surface area contributed by atoms with Crippen LogP contribution in [-0.2, 0) is 9.53 Å². The Morgan fingerprint density at radius 3 is 2.50 bits per heavy atom. The molecule has 0 bridgehead atoms. The van der Waals surface area contributed by atoms with Gasteiger partial charge < -0.3 is 10.1 Å². The van der Waals surface area contributed by atoms with Crippen molar-refractivity contribution >= 4 is 28.5 Å². The summed E-state index contributed by atoms with van der Waals surface area (Å²) in [5.74, 6) is -0.676. The van der Waals surface area contributed by atoms with Crippen LogP contribution in [0.5, 0.6) is 0 Å². The lowest BCUT2D eigenvalue weighted by molar-refractivity contribution is -0.123. The van der Waals surface area contributed by atoms with Crippen LogP contribution in [0.3, 0.4) is 0 Å². The minimum atomic E-state index is -0.939. The van der Waals surface area contributed by atoms with E-state index in [4.69, 9.17) is 4.74 Å². The molecule has 0 spiro atoms. The Morgan fingerprint density at radius 1 is 1.00 bits per heavy atom. The van der Waals surface area contributed by atoms with Gasteiger partial charge in [-0.05, 0) is 43.0 Å². The monoisotopic (exact) mass is 376 g/mol. The van der Waals surface area contributed by atoms with Gasteiger partial charge >= 0.3 is 5.97 Å². The molecule has 1 amide bonds. The fourth-order valence-corrected chi connectivity index (χ4v) is 2.95. The maximum absolute atomic E-state index is 12.5. The van der Waals surface area contributed by atoms with Gasteiger partial charge in [0, 0.05) is 11.1 Å². The lowest BCUT2D eigenvalue weighted by Crippen LogP contribution is -2.30. The molecule has 1 aromatic heterocycles. The number of carbonyl (C=O) groups is 2. The van der Waals surface area contributed by atoms with E-state index in [-0.39, 0.29) is 11.6 Å². The summed E-state index contributed by atoms with van der Waals surface area (Å²) in [4.78, 5) is 29.3. The van der Waals surface area contributed by atoms with Crippen molar-refractivity contribution in [1.29, 1.82) is 0 Å². The molecule has 28 heavy (non-hydrogen) atoms. The van der Waals surface area contributed by atoms with E-state index in [1.165, 1.54) is 0 Å². The maximum atomic E-state index is 12.5. The van der Waals surface area contributed by atoms with Crippen molar-refractivity contribution in [2.45, 2.75) is 39.2 Å². The minimum Gasteiger partial charge on any atom is -0.448 e. The number of ether oxygens (including phenoxy) is 1. The number of pyridine rings is 1. The molecule has 3 rings (SSSR count). The molecule has 0 fully saturated rings. The summed E-state index contributed by atoms with van der Waals surface area (Å²) in [6.45, 7) is 5.77. The number of nitrogens with zero attached hydrogens (tertiary/aromatic N) is 1. The SMILES string of the molecule is CC[C@H](C)c1ccccc1NC(=O)[C@H](C)OC(=O)c1ccc2ccccc2n1. The van der Waals surface area contributed by atoms with Crippen LogP contribution >= 0.6 is 0 Å². The average Bonchev–Trinajstić information content (AvgIpc) is 2.73. The Kier molecular flexibility index (Phi) is 6.04. The van der Waals surface area contributed by atoms with Crippen molar-refractivity contribution in [1.82, 2.24) is 4.98 Å². The van der Waals surface area contributed by atoms with Gasteiger partial charge in [0.05, 0.1) is 5.52 Å². The number of benzene rings is 2. The second-order valence-corrected chi connectivity index (χ2v) is 6.82. The zero-order chi connectivity index (χ0) is 20.1. The molecule has 144 valence electrons. The van der Waals surface area contributed by atoms with Gasteiger partial charge in [0.1, 0.15) is 5.69 Å². The van der Waals surface area contributed by atoms with Crippen molar-refractivity contribution in [2.24, 2.45) is 0 Å². The summed E-state index contributed by atoms with van der Waals surface area (Å²) < 4.78 is 5.33. The van der Waals surface area contributed by atoms with Gasteiger partial charge in [0.2, 0.25) is 0 Å². The Balaban J connectivity index is 1.69. The lowest BCUT2D eigenvalue weighted by Gasteiger charge is -2.18. The number of hydrogen-bond acceptors (Lipinski definition) is 4. The third-order valence-corrected chi connectivity index (χ3v) is 4.82. The van der Waals surface area contributed by atoms with E-state index in [1.54, 1.807) is 13.0 Å². The van der Waals surface area contributed by atoms with Crippen LogP contribution in [0, 0.1) is 0 Å². The van der Waals surface area contributed by atoms with E-state index >= 15 is 0 Å². The van der Waals surface area contributed by atoms with Crippen LogP contribution in [0.15, 0.2) is 60.7 Å². The molecule has 0 radical (unpaired) electrons. The van der Waals surface area contributed by atoms with Crippen LogP contribution in [0.4, 0.5) is 5.69 Å². The number of para-hydroxylation sites is 2. The molecule has 5 heteroatoms. The molecule has 0 aliphatic rings. The molecular weight excluding hydrogens is 352 g/mol. The standard InChI is InChI=1S/C23H24N2O3/c1-4-15(2)18-10-6-8-12-20(18)25-22(26)16(3)28-23(27)21-14-13-17-9-5-7-11-19(17)24-21/h5-16H,4H2,1-3H3,(H,25,26)/t15-,16-/m0/s1. The molecule has 2 atom stereocenters. The number of nitrogens with one attached hydrogen (secondary N) is 1. The summed E-state index contributed by atoms with van der Waals surface area (Å²) in [5, 5.41) is 3.81. The molecule has 0 aliphatic heterocycles. The number of amides is 1. The van der Waals surface area contributed by atoms with Crippen LogP contribution in [0.1, 0.15) is 49.2 Å². The van der Waals surface area contributed by atoms with Gasteiger partial charge in [-0.25, -0.2) is 9.78 Å². The highest BCUT2D eigenvalue weighted by molar-refractivity contribution is 5.98. The predicted molar refractivity (Wildman–Crippen MR) is 110 cm³/mol. The van der Waals surface area contributed by atoms with Gasteiger partial charge in [-0.2, -0.15) is 0 Å². The van der Waals surface area contributed by atoms with Crippen molar-refractivity contribution in [3.63, 3.8) is 0 Å². The van der Waals surface area contributed by atoms with E-state index in [2.05, 4.69) is 24.1 Å². The van der Waals surface area contributed by atoms with E-state index in [0.29, 0.717) is 11.4 Å². The van der Waals surface area contributed by atoms with E-state index < -0.39 is 12.1 Å². The highest BCUT2D eigenvalue weighted by atomic mass is 16.5. The number of anilines is 1. The molecule has 1 heterocycles. The van der Waals surface area contributed by atoms with Gasteiger partial charge in [0.15, 0.2) is 6.10 Å². The first kappa shape index (κ1) is 19.5. The van der Waals surface area contributed by atoms with E-state index in [0.717, 1.165) is 23.1 Å². The van der Waals surface area contributed by atoms with Crippen LogP contribution in [0.25, 0.3) is 10.9 Å². The fraction of sp³-hybridized carbons (Fsp3) is 0.261. The van der Waals surface area contributed by atoms with Gasteiger partial charge in [-0.3, -0.25) is 4.79 Å². The van der Waals surface area contributed by atoms with Crippen molar-refractivity contribution in [3.05, 3.63) is 71.9 Å². The first-order chi connectivity index (χ1) is 13.5. The molecule has 2 aromatic carbocycles. The zero-order valence-corrected chi connectivity index (χ0v) is 16.3. The van der Waals surface area contributed by atoms with Gasteiger partial charge in [0.25, 0.3) is 5.91 Å². The Labute approximate surface area is 164 Å². The maximum Gasteiger partial charge on any atom is 0.357 e. The Bertz CT molecular complexity index is 1000. The first-order valence-electron chi connectivity index (χ1n) is 9.46. The molecule has 0 saturated heterocycles. The molecule has 5 nitrogen and oxygen atoms in total. The van der Waals surface area contributed by atoms with Crippen LogP contribution < -0.4 is 5.32 Å². The summed E-state index contributed by atoms with van der Waals surface area (Å²) in [7, 11) is 0. The molecule has 0 aliphatic carbocycles. The summed E-state index contributed by atoms with van der Waals surface area (Å²) in [5.41, 5.74) is 2.69. The second kappa shape index (κ2) is 8.65. The highest BCUT2D eigenvalue weighted by Gasteiger charge is 2.21. The summed E-state index contributed by atoms with van der Waals surface area (Å²) in [6.07, 6.45) is 0.0242. The van der Waals surface area contributed by atoms with Crippen LogP contribution in [-0.4, -0.2) is 23.0 Å². The second-order valence-electron chi connectivity index (χ2n) is 6.82. The number of rotatable bonds is 6. The van der Waals surface area contributed by atoms with E-state index in [9.17, 15) is 9.59 Å². The average molecular weight is 376 g/mol. The number of hydrogen-bond donors (Lipinski definition) is 1. The predicted octanol–water partition coefficient (Wildman–Crippen LogP) is 4.93. The smallest absolute Gasteiger partial charge is 0.357 e. The Morgan fingerprint density at radius 2 is 1.71 bits per heavy atom. The number of aromatic nitrogens is 1. The quantitative estimate of drug-likeness (QED) is 0.619. The van der Waals surface area contributed by atoms with Crippen molar-refractivity contribution in [3.8, 4) is 0 Å². The largest absolute Gasteiger partial charge is 0.448 e. The van der Waals surface area contributed by atoms with Gasteiger partial charge in [-0.1, -0.05) is 56.3 Å². The number of esters is 1. The van der Waals surface area contributed by atoms with Crippen molar-refractivity contribution < 1.29 is 14.3 Å². The van der Waals surface area contributed by atoms with Gasteiger partial charge in [-0.15, -0.1) is 0 Å². The summed E-state index contributed by atoms with van der Waals surface area (Å²) >= 11 is 0. The molecule has 0 saturated carbocycles. The van der Waals surface area contributed by atoms with E-state index in [1.807, 2.05) is 54.6 Å². The normalized spacial score (nSPS) is 13.0. The number of fused-ring (bicyclic) bond motifs is 1. The third-order valence-electron chi connectivity index (χ3n) is 4.82. The van der Waals surface area contributed by atoms with Crippen molar-refractivity contribution in [2.75, 3.05) is 5.32 Å². The molecule has 3 aromatic rings. The van der Waals surface area contributed by atoms with Crippen LogP contribution in [0.2, 0.25) is 0 Å². The number of carbonyl (C=O) groups excluding carboxylic acids is 2. The first-order valence-corrected chi connectivity index (χ1v) is 9.46. The molecule has 1 N–H and O–H groups in total. The summed E-state index contributed by atoms with van der Waals surface area (Å²) in [6, 6.07) is 18.6. The Hall–Kier alpha value is -3.21. The fourth-order valence-electron chi connectivity index (χ4n) is 2.95. The molecular formula is C23H24N2O3. The lowest BCUT2D eigenvalue weighted by atomic mass is 9.97. The minimum absolute atomic E-state index is 0.179. The topological polar surface area (TPSA) is 68.3 Å². The highest BCUT2D eigenvalue weighted by Crippen LogP contribution is 2.26. The zero-order valence-electron chi connectivity index (χ0n) is 16.3. The molecule has 0 unspecified atom stereocenters.